The van der Waals surface area contributed by atoms with Gasteiger partial charge < -0.3 is 29.9 Å². The van der Waals surface area contributed by atoms with Crippen molar-refractivity contribution in [1.29, 1.82) is 0 Å². The zero-order chi connectivity index (χ0) is 25.0. The second-order valence-corrected chi connectivity index (χ2v) is 6.25. The molecule has 2 rings (SSSR count). The van der Waals surface area contributed by atoms with Crippen molar-refractivity contribution < 1.29 is 49.1 Å². The van der Waals surface area contributed by atoms with Crippen LogP contribution in [-0.4, -0.2) is 58.2 Å². The van der Waals surface area contributed by atoms with Gasteiger partial charge in [0.05, 0.1) is 20.6 Å². The first-order valence-corrected chi connectivity index (χ1v) is 9.19. The van der Waals surface area contributed by atoms with Crippen molar-refractivity contribution in [3.8, 4) is 23.0 Å². The third kappa shape index (κ3) is 9.39. The highest BCUT2D eigenvalue weighted by Crippen LogP contribution is 2.27. The summed E-state index contributed by atoms with van der Waals surface area (Å²) < 4.78 is 10.00. The fraction of sp³-hybridized carbons (Fsp3) is 0.130. The standard InChI is InChI=1S/C21H20O6.C2H2O4/c1-26-20-11-14(5-9-18(20)24)3-7-16(22)13-17(23)8-4-15-6-10-19(25)21(12-15)27-2;3-1(4)2(5)6/h3-12,24-25H,13H2,1-2H3;(H,3,4)(H,5,6)/b7-3+,8-4+;. The van der Waals surface area contributed by atoms with E-state index in [1.807, 2.05) is 0 Å². The van der Waals surface area contributed by atoms with Crippen LogP contribution in [0.5, 0.6) is 23.0 Å². The highest BCUT2D eigenvalue weighted by Gasteiger charge is 2.06. The quantitative estimate of drug-likeness (QED) is 0.262. The molecule has 0 heterocycles. The number of carboxylic acids is 2. The van der Waals surface area contributed by atoms with Gasteiger partial charge in [0, 0.05) is 0 Å². The van der Waals surface area contributed by atoms with Gasteiger partial charge in [-0.05, 0) is 47.5 Å². The molecule has 0 amide bonds. The minimum Gasteiger partial charge on any atom is -0.504 e. The van der Waals surface area contributed by atoms with Gasteiger partial charge >= 0.3 is 11.9 Å². The van der Waals surface area contributed by atoms with Gasteiger partial charge in [0.2, 0.25) is 0 Å². The zero-order valence-electron chi connectivity index (χ0n) is 17.7. The van der Waals surface area contributed by atoms with E-state index >= 15 is 0 Å². The lowest BCUT2D eigenvalue weighted by atomic mass is 10.1. The summed E-state index contributed by atoms with van der Waals surface area (Å²) in [4.78, 5) is 42.1. The van der Waals surface area contributed by atoms with Crippen molar-refractivity contribution in [1.82, 2.24) is 0 Å². The normalized spacial score (nSPS) is 10.4. The van der Waals surface area contributed by atoms with E-state index in [9.17, 15) is 19.8 Å². The van der Waals surface area contributed by atoms with Crippen LogP contribution in [0.3, 0.4) is 0 Å². The number of ether oxygens (including phenoxy) is 2. The van der Waals surface area contributed by atoms with Crippen LogP contribution < -0.4 is 9.47 Å². The van der Waals surface area contributed by atoms with E-state index in [1.165, 1.54) is 38.5 Å². The highest BCUT2D eigenvalue weighted by atomic mass is 16.5. The molecule has 0 spiro atoms. The Morgan fingerprint density at radius 1 is 0.727 bits per heavy atom. The average molecular weight is 458 g/mol. The molecule has 0 aliphatic heterocycles. The Morgan fingerprint density at radius 3 is 1.39 bits per heavy atom. The van der Waals surface area contributed by atoms with Crippen molar-refractivity contribution in [2.24, 2.45) is 0 Å². The van der Waals surface area contributed by atoms with E-state index in [0.29, 0.717) is 22.6 Å². The van der Waals surface area contributed by atoms with E-state index in [0.717, 1.165) is 0 Å². The van der Waals surface area contributed by atoms with Crippen LogP contribution >= 0.6 is 0 Å². The van der Waals surface area contributed by atoms with Gasteiger partial charge in [-0.3, -0.25) is 9.59 Å². The van der Waals surface area contributed by atoms with Gasteiger partial charge in [0.15, 0.2) is 34.6 Å². The topological polar surface area (TPSA) is 168 Å². The lowest BCUT2D eigenvalue weighted by molar-refractivity contribution is -0.159. The van der Waals surface area contributed by atoms with Crippen LogP contribution in [0.4, 0.5) is 0 Å². The molecule has 0 bridgehead atoms. The number of benzene rings is 2. The number of aromatic hydroxyl groups is 2. The van der Waals surface area contributed by atoms with Crippen LogP contribution in [-0.2, 0) is 19.2 Å². The number of phenolic OH excluding ortho intramolecular Hbond substituents is 2. The predicted molar refractivity (Wildman–Crippen MR) is 117 cm³/mol. The van der Waals surface area contributed by atoms with E-state index in [2.05, 4.69) is 0 Å². The van der Waals surface area contributed by atoms with Gasteiger partial charge in [-0.15, -0.1) is 0 Å². The molecule has 174 valence electrons. The number of carbonyl (C=O) groups excluding carboxylic acids is 2. The number of aliphatic carboxylic acids is 2. The summed E-state index contributed by atoms with van der Waals surface area (Å²) in [7, 11) is 2.87. The number of allylic oxidation sites excluding steroid dienone is 2. The zero-order valence-corrected chi connectivity index (χ0v) is 17.7. The first-order valence-electron chi connectivity index (χ1n) is 9.19. The molecule has 10 heteroatoms. The number of hydrogen-bond acceptors (Lipinski definition) is 8. The predicted octanol–water partition coefficient (Wildman–Crippen LogP) is 2.53. The third-order valence-electron chi connectivity index (χ3n) is 3.86. The van der Waals surface area contributed by atoms with Gasteiger partial charge in [-0.25, -0.2) is 9.59 Å². The molecule has 33 heavy (non-hydrogen) atoms. The Balaban J connectivity index is 0.000000801. The molecular formula is C23H22O10. The van der Waals surface area contributed by atoms with E-state index in [-0.39, 0.29) is 29.5 Å². The Labute approximate surface area is 188 Å². The van der Waals surface area contributed by atoms with E-state index in [4.69, 9.17) is 29.3 Å². The van der Waals surface area contributed by atoms with Crippen molar-refractivity contribution in [2.45, 2.75) is 6.42 Å². The molecule has 10 nitrogen and oxygen atoms in total. The number of carboxylic acid groups (broad SMARTS) is 2. The molecule has 0 fully saturated rings. The van der Waals surface area contributed by atoms with Crippen LogP contribution in [0.25, 0.3) is 12.2 Å². The average Bonchev–Trinajstić information content (AvgIpc) is 2.78. The SMILES string of the molecule is COc1cc(/C=C/C(=O)CC(=O)/C=C/c2ccc(O)c(OC)c2)ccc1O.O=C(O)C(=O)O. The minimum atomic E-state index is -1.82. The van der Waals surface area contributed by atoms with Crippen LogP contribution in [0.2, 0.25) is 0 Å². The molecule has 0 saturated carbocycles. The maximum Gasteiger partial charge on any atom is 0.414 e. The molecule has 0 saturated heterocycles. The number of hydrogen-bond donors (Lipinski definition) is 4. The Morgan fingerprint density at radius 2 is 1.09 bits per heavy atom. The van der Waals surface area contributed by atoms with Crippen molar-refractivity contribution in [3.05, 3.63) is 59.7 Å². The second-order valence-electron chi connectivity index (χ2n) is 6.25. The molecule has 2 aromatic rings. The number of ketones is 2. The summed E-state index contributed by atoms with van der Waals surface area (Å²) in [6.07, 6.45) is 5.44. The second kappa shape index (κ2) is 13.0. The van der Waals surface area contributed by atoms with Crippen LogP contribution in [0, 0.1) is 0 Å². The number of phenols is 2. The summed E-state index contributed by atoms with van der Waals surface area (Å²) in [5.41, 5.74) is 1.33. The highest BCUT2D eigenvalue weighted by molar-refractivity contribution is 6.27. The summed E-state index contributed by atoms with van der Waals surface area (Å²) in [6.45, 7) is 0. The summed E-state index contributed by atoms with van der Waals surface area (Å²) in [5.74, 6) is -3.73. The molecule has 0 aromatic heterocycles. The molecule has 0 unspecified atom stereocenters. The van der Waals surface area contributed by atoms with Crippen molar-refractivity contribution in [3.63, 3.8) is 0 Å². The van der Waals surface area contributed by atoms with Crippen LogP contribution in [0.15, 0.2) is 48.6 Å². The number of methoxy groups -OCH3 is 2. The van der Waals surface area contributed by atoms with Gasteiger partial charge in [-0.2, -0.15) is 0 Å². The molecular weight excluding hydrogens is 436 g/mol. The molecule has 0 radical (unpaired) electrons. The largest absolute Gasteiger partial charge is 0.504 e. The monoisotopic (exact) mass is 458 g/mol. The van der Waals surface area contributed by atoms with Crippen LogP contribution in [0.1, 0.15) is 17.5 Å². The van der Waals surface area contributed by atoms with Crippen molar-refractivity contribution in [2.75, 3.05) is 14.2 Å². The lowest BCUT2D eigenvalue weighted by Gasteiger charge is -2.03. The Bertz CT molecular complexity index is 997. The van der Waals surface area contributed by atoms with Crippen molar-refractivity contribution >= 4 is 35.7 Å². The molecule has 4 N–H and O–H groups in total. The van der Waals surface area contributed by atoms with Gasteiger partial charge in [0.1, 0.15) is 0 Å². The van der Waals surface area contributed by atoms with E-state index < -0.39 is 11.9 Å². The minimum absolute atomic E-state index is 0.00662. The fourth-order valence-corrected chi connectivity index (χ4v) is 2.26. The first kappa shape index (κ1) is 26.4. The maximum atomic E-state index is 11.9. The molecule has 2 aromatic carbocycles. The number of carbonyl (C=O) groups is 4. The number of rotatable bonds is 8. The fourth-order valence-electron chi connectivity index (χ4n) is 2.26. The maximum absolute atomic E-state index is 11.9. The van der Waals surface area contributed by atoms with Gasteiger partial charge in [-0.1, -0.05) is 24.3 Å². The first-order chi connectivity index (χ1) is 15.6. The van der Waals surface area contributed by atoms with E-state index in [1.54, 1.807) is 36.4 Å². The Kier molecular flexibility index (Phi) is 10.4. The summed E-state index contributed by atoms with van der Waals surface area (Å²) in [5, 5.41) is 33.9. The molecule has 0 atom stereocenters. The summed E-state index contributed by atoms with van der Waals surface area (Å²) in [6, 6.07) is 9.34. The van der Waals surface area contributed by atoms with Gasteiger partial charge in [0.25, 0.3) is 0 Å². The lowest BCUT2D eigenvalue weighted by Crippen LogP contribution is -2.09. The Hall–Kier alpha value is -4.60. The molecule has 0 aliphatic rings. The smallest absolute Gasteiger partial charge is 0.414 e. The summed E-state index contributed by atoms with van der Waals surface area (Å²) >= 11 is 0. The molecule has 0 aliphatic carbocycles. The third-order valence-corrected chi connectivity index (χ3v) is 3.86.